The molecule has 2 heterocycles. The van der Waals surface area contributed by atoms with Gasteiger partial charge in [0.25, 0.3) is 0 Å². The van der Waals surface area contributed by atoms with Crippen LogP contribution in [0.1, 0.15) is 33.6 Å². The summed E-state index contributed by atoms with van der Waals surface area (Å²) in [5, 5.41) is 3.52. The maximum Gasteiger partial charge on any atom is 0.193 e. The first-order valence-electron chi connectivity index (χ1n) is 8.88. The molecule has 22 heavy (non-hydrogen) atoms. The Kier molecular flexibility index (Phi) is 6.96. The molecule has 1 atom stereocenters. The lowest BCUT2D eigenvalue weighted by Crippen LogP contribution is -2.51. The monoisotopic (exact) mass is 310 g/mol. The van der Waals surface area contributed by atoms with Gasteiger partial charge in [0.2, 0.25) is 0 Å². The van der Waals surface area contributed by atoms with Gasteiger partial charge >= 0.3 is 0 Å². The molecule has 0 amide bonds. The number of nitrogens with one attached hydrogen (secondary N) is 1. The zero-order valence-electron chi connectivity index (χ0n) is 14.8. The van der Waals surface area contributed by atoms with Gasteiger partial charge in [-0.1, -0.05) is 20.8 Å². The molecule has 2 aliphatic heterocycles. The highest BCUT2D eigenvalue weighted by Gasteiger charge is 2.23. The molecule has 5 nitrogen and oxygen atoms in total. The van der Waals surface area contributed by atoms with E-state index in [-0.39, 0.29) is 6.10 Å². The molecule has 0 saturated carbocycles. The number of hydrogen-bond acceptors (Lipinski definition) is 3. The van der Waals surface area contributed by atoms with Crippen LogP contribution in [-0.2, 0) is 4.74 Å². The second-order valence-corrected chi connectivity index (χ2v) is 7.24. The van der Waals surface area contributed by atoms with E-state index in [1.165, 1.54) is 19.4 Å². The van der Waals surface area contributed by atoms with E-state index in [4.69, 9.17) is 4.74 Å². The fraction of sp³-hybridized carbons (Fsp3) is 0.941. The molecule has 2 rings (SSSR count). The van der Waals surface area contributed by atoms with E-state index in [1.54, 1.807) is 0 Å². The fourth-order valence-electron chi connectivity index (χ4n) is 3.34. The molecule has 0 spiro atoms. The molecule has 2 aliphatic rings. The topological polar surface area (TPSA) is 40.1 Å². The second-order valence-electron chi connectivity index (χ2n) is 7.24. The number of morpholine rings is 1. The van der Waals surface area contributed by atoms with Gasteiger partial charge < -0.3 is 15.0 Å². The summed E-state index contributed by atoms with van der Waals surface area (Å²) in [4.78, 5) is 9.35. The number of guanidine groups is 1. The van der Waals surface area contributed by atoms with Crippen molar-refractivity contribution in [3.05, 3.63) is 0 Å². The standard InChI is InChI=1S/C17H34N4O/c1-14(2)12-20-9-10-22-16(13-20)11-19-17(18-4)21-7-5-15(3)6-8-21/h14-16H,5-13H2,1-4H3,(H,18,19). The van der Waals surface area contributed by atoms with Crippen molar-refractivity contribution < 1.29 is 4.74 Å². The highest BCUT2D eigenvalue weighted by molar-refractivity contribution is 5.80. The minimum absolute atomic E-state index is 0.271. The van der Waals surface area contributed by atoms with Crippen molar-refractivity contribution in [2.75, 3.05) is 52.9 Å². The van der Waals surface area contributed by atoms with Crippen molar-refractivity contribution in [2.45, 2.75) is 39.7 Å². The number of aliphatic imine (C=N–C) groups is 1. The van der Waals surface area contributed by atoms with Gasteiger partial charge in [0.1, 0.15) is 0 Å². The summed E-state index contributed by atoms with van der Waals surface area (Å²) in [5.41, 5.74) is 0. The van der Waals surface area contributed by atoms with E-state index < -0.39 is 0 Å². The van der Waals surface area contributed by atoms with Crippen molar-refractivity contribution in [3.63, 3.8) is 0 Å². The third-order valence-electron chi connectivity index (χ3n) is 4.63. The zero-order valence-corrected chi connectivity index (χ0v) is 14.8. The molecule has 0 radical (unpaired) electrons. The van der Waals surface area contributed by atoms with Crippen molar-refractivity contribution in [2.24, 2.45) is 16.8 Å². The molecule has 0 aliphatic carbocycles. The lowest BCUT2D eigenvalue weighted by Gasteiger charge is -2.36. The number of piperidine rings is 1. The predicted molar refractivity (Wildman–Crippen MR) is 92.4 cm³/mol. The van der Waals surface area contributed by atoms with Crippen LogP contribution in [0.2, 0.25) is 0 Å². The van der Waals surface area contributed by atoms with Gasteiger partial charge in [-0.15, -0.1) is 0 Å². The highest BCUT2D eigenvalue weighted by atomic mass is 16.5. The first-order valence-corrected chi connectivity index (χ1v) is 8.88. The maximum absolute atomic E-state index is 5.91. The fourth-order valence-corrected chi connectivity index (χ4v) is 3.34. The number of hydrogen-bond donors (Lipinski definition) is 1. The molecule has 1 unspecified atom stereocenters. The minimum Gasteiger partial charge on any atom is -0.374 e. The van der Waals surface area contributed by atoms with Crippen LogP contribution in [-0.4, -0.2) is 74.8 Å². The van der Waals surface area contributed by atoms with Crippen LogP contribution in [0.3, 0.4) is 0 Å². The quantitative estimate of drug-likeness (QED) is 0.633. The van der Waals surface area contributed by atoms with Crippen molar-refractivity contribution in [3.8, 4) is 0 Å². The van der Waals surface area contributed by atoms with E-state index in [2.05, 4.69) is 40.9 Å². The van der Waals surface area contributed by atoms with Gasteiger partial charge in [-0.05, 0) is 24.7 Å². The number of rotatable bonds is 4. The summed E-state index contributed by atoms with van der Waals surface area (Å²) in [6.07, 6.45) is 2.80. The highest BCUT2D eigenvalue weighted by Crippen LogP contribution is 2.16. The Morgan fingerprint density at radius 3 is 2.64 bits per heavy atom. The molecule has 0 bridgehead atoms. The summed E-state index contributed by atoms with van der Waals surface area (Å²) in [5.74, 6) is 2.60. The van der Waals surface area contributed by atoms with Crippen LogP contribution in [0.25, 0.3) is 0 Å². The predicted octanol–water partition coefficient (Wildman–Crippen LogP) is 1.65. The summed E-state index contributed by atoms with van der Waals surface area (Å²) < 4.78 is 5.91. The molecule has 0 aromatic carbocycles. The number of nitrogens with zero attached hydrogens (tertiary/aromatic N) is 3. The lowest BCUT2D eigenvalue weighted by atomic mass is 10.00. The third kappa shape index (κ3) is 5.43. The Morgan fingerprint density at radius 2 is 2.00 bits per heavy atom. The molecular weight excluding hydrogens is 276 g/mol. The zero-order chi connectivity index (χ0) is 15.9. The molecule has 0 aromatic rings. The Balaban J connectivity index is 1.75. The van der Waals surface area contributed by atoms with Gasteiger partial charge in [0, 0.05) is 46.3 Å². The van der Waals surface area contributed by atoms with Crippen molar-refractivity contribution in [1.29, 1.82) is 0 Å². The van der Waals surface area contributed by atoms with E-state index >= 15 is 0 Å². The van der Waals surface area contributed by atoms with Crippen molar-refractivity contribution in [1.82, 2.24) is 15.1 Å². The van der Waals surface area contributed by atoms with Gasteiger partial charge in [-0.25, -0.2) is 0 Å². The number of ether oxygens (including phenoxy) is 1. The Hall–Kier alpha value is -0.810. The Morgan fingerprint density at radius 1 is 1.27 bits per heavy atom. The average Bonchev–Trinajstić information content (AvgIpc) is 2.49. The van der Waals surface area contributed by atoms with Crippen LogP contribution in [0.4, 0.5) is 0 Å². The first kappa shape index (κ1) is 17.5. The molecule has 1 N–H and O–H groups in total. The molecule has 128 valence electrons. The van der Waals surface area contributed by atoms with Gasteiger partial charge in [0.15, 0.2) is 5.96 Å². The Labute approximate surface area is 136 Å². The van der Waals surface area contributed by atoms with E-state index in [0.717, 1.165) is 57.1 Å². The average molecular weight is 310 g/mol. The molecule has 2 fully saturated rings. The van der Waals surface area contributed by atoms with Crippen molar-refractivity contribution >= 4 is 5.96 Å². The molecule has 0 aromatic heterocycles. The van der Waals surface area contributed by atoms with Gasteiger partial charge in [-0.3, -0.25) is 9.89 Å². The smallest absolute Gasteiger partial charge is 0.193 e. The second kappa shape index (κ2) is 8.73. The summed E-state index contributed by atoms with van der Waals surface area (Å²) in [6.45, 7) is 14.1. The molecule has 2 saturated heterocycles. The first-order chi connectivity index (χ1) is 10.6. The normalized spacial score (nSPS) is 25.8. The van der Waals surface area contributed by atoms with Crippen LogP contribution in [0, 0.1) is 11.8 Å². The summed E-state index contributed by atoms with van der Waals surface area (Å²) >= 11 is 0. The number of likely N-dealkylation sites (tertiary alicyclic amines) is 1. The molecular formula is C17H34N4O. The van der Waals surface area contributed by atoms with Crippen LogP contribution in [0.5, 0.6) is 0 Å². The maximum atomic E-state index is 5.91. The van der Waals surface area contributed by atoms with Crippen LogP contribution >= 0.6 is 0 Å². The Bertz CT molecular complexity index is 351. The third-order valence-corrected chi connectivity index (χ3v) is 4.63. The van der Waals surface area contributed by atoms with Crippen LogP contribution in [0.15, 0.2) is 4.99 Å². The van der Waals surface area contributed by atoms with E-state index in [9.17, 15) is 0 Å². The van der Waals surface area contributed by atoms with E-state index in [0.29, 0.717) is 0 Å². The summed E-state index contributed by atoms with van der Waals surface area (Å²) in [7, 11) is 1.88. The largest absolute Gasteiger partial charge is 0.374 e. The van der Waals surface area contributed by atoms with Crippen LogP contribution < -0.4 is 5.32 Å². The van der Waals surface area contributed by atoms with Gasteiger partial charge in [-0.2, -0.15) is 0 Å². The lowest BCUT2D eigenvalue weighted by molar-refractivity contribution is -0.0286. The summed E-state index contributed by atoms with van der Waals surface area (Å²) in [6, 6.07) is 0. The SMILES string of the molecule is CN=C(NCC1CN(CC(C)C)CCO1)N1CCC(C)CC1. The minimum atomic E-state index is 0.271. The molecule has 5 heteroatoms. The van der Waals surface area contributed by atoms with E-state index in [1.807, 2.05) is 7.05 Å². The van der Waals surface area contributed by atoms with Gasteiger partial charge in [0.05, 0.1) is 12.7 Å².